The molecule has 0 spiro atoms. The zero-order chi connectivity index (χ0) is 15.5. The lowest BCUT2D eigenvalue weighted by Crippen LogP contribution is -2.48. The fraction of sp³-hybridized carbons (Fsp3) is 0.588. The number of amides is 1. The molecule has 0 saturated heterocycles. The summed E-state index contributed by atoms with van der Waals surface area (Å²) in [6, 6.07) is 7.95. The van der Waals surface area contributed by atoms with Crippen molar-refractivity contribution >= 4 is 5.91 Å². The molecule has 3 nitrogen and oxygen atoms in total. The first-order chi connectivity index (χ1) is 9.12. The molecule has 0 aliphatic heterocycles. The van der Waals surface area contributed by atoms with Gasteiger partial charge in [-0.2, -0.15) is 0 Å². The van der Waals surface area contributed by atoms with Crippen molar-refractivity contribution in [1.82, 2.24) is 4.90 Å². The van der Waals surface area contributed by atoms with Gasteiger partial charge in [-0.05, 0) is 22.5 Å². The zero-order valence-electron chi connectivity index (χ0n) is 13.6. The van der Waals surface area contributed by atoms with E-state index in [0.29, 0.717) is 12.5 Å². The highest BCUT2D eigenvalue weighted by atomic mass is 16.2. The summed E-state index contributed by atoms with van der Waals surface area (Å²) in [6.45, 7) is 10.9. The molecule has 0 unspecified atom stereocenters. The lowest BCUT2D eigenvalue weighted by molar-refractivity contribution is -0.134. The Hall–Kier alpha value is -1.35. The molecular formula is C17H28N2O. The second kappa shape index (κ2) is 6.40. The number of nitrogens with two attached hydrogens (primary N) is 1. The van der Waals surface area contributed by atoms with Crippen LogP contribution in [0.25, 0.3) is 0 Å². The molecule has 2 N–H and O–H groups in total. The highest BCUT2D eigenvalue weighted by molar-refractivity contribution is 5.82. The Morgan fingerprint density at radius 3 is 2.10 bits per heavy atom. The molecular weight excluding hydrogens is 248 g/mol. The lowest BCUT2D eigenvalue weighted by Gasteiger charge is -2.30. The van der Waals surface area contributed by atoms with Gasteiger partial charge in [0.05, 0.1) is 6.04 Å². The molecule has 0 fully saturated rings. The van der Waals surface area contributed by atoms with Crippen LogP contribution in [0.2, 0.25) is 0 Å². The second-order valence-electron chi connectivity index (χ2n) is 6.93. The van der Waals surface area contributed by atoms with Gasteiger partial charge in [0.25, 0.3) is 0 Å². The van der Waals surface area contributed by atoms with Crippen LogP contribution >= 0.6 is 0 Å². The van der Waals surface area contributed by atoms with E-state index in [1.807, 2.05) is 27.8 Å². The molecule has 0 aromatic heterocycles. The van der Waals surface area contributed by atoms with Crippen LogP contribution < -0.4 is 5.73 Å². The molecule has 0 saturated carbocycles. The van der Waals surface area contributed by atoms with Crippen molar-refractivity contribution in [3.63, 3.8) is 0 Å². The second-order valence-corrected chi connectivity index (χ2v) is 6.93. The molecule has 1 aromatic rings. The maximum atomic E-state index is 12.3. The molecule has 1 atom stereocenters. The SMILES string of the molecule is CC(C)c1ccc(CN(C)C(=O)[C@@H](N)C(C)(C)C)cc1. The van der Waals surface area contributed by atoms with Crippen LogP contribution in [0.4, 0.5) is 0 Å². The van der Waals surface area contributed by atoms with Crippen LogP contribution in [0.15, 0.2) is 24.3 Å². The van der Waals surface area contributed by atoms with Crippen molar-refractivity contribution in [3.8, 4) is 0 Å². The standard InChI is InChI=1S/C17H28N2O/c1-12(2)14-9-7-13(8-10-14)11-19(6)16(20)15(18)17(3,4)5/h7-10,12,15H,11,18H2,1-6H3/t15-/m1/s1. The molecule has 1 amide bonds. The summed E-state index contributed by atoms with van der Waals surface area (Å²) in [5.41, 5.74) is 8.25. The quantitative estimate of drug-likeness (QED) is 0.918. The number of likely N-dealkylation sites (N-methyl/N-ethyl adjacent to an activating group) is 1. The monoisotopic (exact) mass is 276 g/mol. The van der Waals surface area contributed by atoms with E-state index in [4.69, 9.17) is 5.73 Å². The number of carbonyl (C=O) groups excluding carboxylic acids is 1. The number of hydrogen-bond donors (Lipinski definition) is 1. The van der Waals surface area contributed by atoms with E-state index >= 15 is 0 Å². The summed E-state index contributed by atoms with van der Waals surface area (Å²) >= 11 is 0. The van der Waals surface area contributed by atoms with E-state index in [1.54, 1.807) is 4.90 Å². The van der Waals surface area contributed by atoms with Crippen LogP contribution in [0.1, 0.15) is 51.7 Å². The van der Waals surface area contributed by atoms with Crippen LogP contribution in [-0.2, 0) is 11.3 Å². The molecule has 1 rings (SSSR count). The van der Waals surface area contributed by atoms with Gasteiger partial charge < -0.3 is 10.6 Å². The van der Waals surface area contributed by atoms with E-state index in [2.05, 4.69) is 38.1 Å². The smallest absolute Gasteiger partial charge is 0.240 e. The Kier molecular flexibility index (Phi) is 5.35. The van der Waals surface area contributed by atoms with Crippen molar-refractivity contribution in [2.45, 2.75) is 53.1 Å². The topological polar surface area (TPSA) is 46.3 Å². The van der Waals surface area contributed by atoms with Crippen molar-refractivity contribution < 1.29 is 4.79 Å². The lowest BCUT2D eigenvalue weighted by atomic mass is 9.86. The van der Waals surface area contributed by atoms with E-state index in [1.165, 1.54) is 5.56 Å². The number of rotatable bonds is 4. The molecule has 1 aromatic carbocycles. The Labute approximate surface area is 123 Å². The molecule has 0 bridgehead atoms. The van der Waals surface area contributed by atoms with Gasteiger partial charge in [0, 0.05) is 13.6 Å². The first-order valence-electron chi connectivity index (χ1n) is 7.22. The average Bonchev–Trinajstić information content (AvgIpc) is 2.36. The zero-order valence-corrected chi connectivity index (χ0v) is 13.6. The van der Waals surface area contributed by atoms with E-state index in [0.717, 1.165) is 5.56 Å². The van der Waals surface area contributed by atoms with E-state index < -0.39 is 6.04 Å². The fourth-order valence-corrected chi connectivity index (χ4v) is 1.97. The molecule has 0 aliphatic rings. The van der Waals surface area contributed by atoms with E-state index in [-0.39, 0.29) is 11.3 Å². The van der Waals surface area contributed by atoms with Crippen LogP contribution in [0.3, 0.4) is 0 Å². The third-order valence-corrected chi connectivity index (χ3v) is 3.64. The maximum Gasteiger partial charge on any atom is 0.240 e. The molecule has 0 radical (unpaired) electrons. The van der Waals surface area contributed by atoms with E-state index in [9.17, 15) is 4.79 Å². The summed E-state index contributed by atoms with van der Waals surface area (Å²) < 4.78 is 0. The Bertz CT molecular complexity index is 443. The minimum atomic E-state index is -0.470. The normalized spacial score (nSPS) is 13.4. The van der Waals surface area contributed by atoms with Crippen molar-refractivity contribution in [2.75, 3.05) is 7.05 Å². The largest absolute Gasteiger partial charge is 0.340 e. The van der Waals surface area contributed by atoms with Gasteiger partial charge in [-0.25, -0.2) is 0 Å². The number of hydrogen-bond acceptors (Lipinski definition) is 2. The molecule has 0 heterocycles. The van der Waals surface area contributed by atoms with Crippen LogP contribution in [0.5, 0.6) is 0 Å². The molecule has 20 heavy (non-hydrogen) atoms. The van der Waals surface area contributed by atoms with Gasteiger partial charge >= 0.3 is 0 Å². The van der Waals surface area contributed by atoms with Gasteiger partial charge in [0.2, 0.25) is 5.91 Å². The third-order valence-electron chi connectivity index (χ3n) is 3.64. The minimum Gasteiger partial charge on any atom is -0.340 e. The number of benzene rings is 1. The maximum absolute atomic E-state index is 12.3. The van der Waals surface area contributed by atoms with Crippen LogP contribution in [-0.4, -0.2) is 23.9 Å². The minimum absolute atomic E-state index is 0.00886. The van der Waals surface area contributed by atoms with Gasteiger partial charge in [0.1, 0.15) is 0 Å². The summed E-state index contributed by atoms with van der Waals surface area (Å²) in [6.07, 6.45) is 0. The molecule has 0 aliphatic carbocycles. The van der Waals surface area contributed by atoms with Crippen molar-refractivity contribution in [2.24, 2.45) is 11.1 Å². The first-order valence-corrected chi connectivity index (χ1v) is 7.22. The summed E-state index contributed by atoms with van der Waals surface area (Å²) in [5.74, 6) is 0.517. The number of nitrogens with zero attached hydrogens (tertiary/aromatic N) is 1. The van der Waals surface area contributed by atoms with Gasteiger partial charge in [-0.15, -0.1) is 0 Å². The summed E-state index contributed by atoms with van der Waals surface area (Å²) in [5, 5.41) is 0. The Morgan fingerprint density at radius 1 is 1.20 bits per heavy atom. The molecule has 3 heteroatoms. The summed E-state index contributed by atoms with van der Waals surface area (Å²) in [4.78, 5) is 14.0. The van der Waals surface area contributed by atoms with Gasteiger partial charge in [0.15, 0.2) is 0 Å². The average molecular weight is 276 g/mol. The van der Waals surface area contributed by atoms with Crippen molar-refractivity contribution in [3.05, 3.63) is 35.4 Å². The van der Waals surface area contributed by atoms with Crippen LogP contribution in [0, 0.1) is 5.41 Å². The Morgan fingerprint density at radius 2 is 1.70 bits per heavy atom. The number of carbonyl (C=O) groups is 1. The van der Waals surface area contributed by atoms with Crippen molar-refractivity contribution in [1.29, 1.82) is 0 Å². The summed E-state index contributed by atoms with van der Waals surface area (Å²) in [7, 11) is 1.81. The predicted molar refractivity (Wildman–Crippen MR) is 84.4 cm³/mol. The van der Waals surface area contributed by atoms with Gasteiger partial charge in [-0.1, -0.05) is 58.9 Å². The van der Waals surface area contributed by atoms with Gasteiger partial charge in [-0.3, -0.25) is 4.79 Å². The molecule has 112 valence electrons. The third kappa shape index (κ3) is 4.34. The fourth-order valence-electron chi connectivity index (χ4n) is 1.97. The predicted octanol–water partition coefficient (Wildman–Crippen LogP) is 3.14. The highest BCUT2D eigenvalue weighted by Crippen LogP contribution is 2.20. The highest BCUT2D eigenvalue weighted by Gasteiger charge is 2.29. The first kappa shape index (κ1) is 16.7. The Balaban J connectivity index is 2.71.